The first-order valence-electron chi connectivity index (χ1n) is 5.33. The molecule has 1 rings (SSSR count). The SMILES string of the molecule is CC(C)CCS(=O)c1ccc(Br)c(C(=O)O)c1. The molecule has 1 unspecified atom stereocenters. The van der Waals surface area contributed by atoms with Crippen LogP contribution in [0.3, 0.4) is 0 Å². The average Bonchev–Trinajstić information content (AvgIpc) is 2.26. The van der Waals surface area contributed by atoms with Crippen molar-refractivity contribution < 1.29 is 14.1 Å². The van der Waals surface area contributed by atoms with Crippen molar-refractivity contribution in [2.24, 2.45) is 5.92 Å². The largest absolute Gasteiger partial charge is 0.478 e. The van der Waals surface area contributed by atoms with Crippen molar-refractivity contribution in [1.29, 1.82) is 0 Å². The molecule has 0 heterocycles. The Labute approximate surface area is 112 Å². The molecule has 0 spiro atoms. The molecule has 0 aliphatic carbocycles. The van der Waals surface area contributed by atoms with E-state index >= 15 is 0 Å². The molecule has 1 aromatic rings. The van der Waals surface area contributed by atoms with E-state index in [9.17, 15) is 9.00 Å². The molecule has 0 saturated heterocycles. The fraction of sp³-hybridized carbons (Fsp3) is 0.417. The third kappa shape index (κ3) is 4.24. The first-order valence-corrected chi connectivity index (χ1v) is 7.44. The Morgan fingerprint density at radius 3 is 2.65 bits per heavy atom. The van der Waals surface area contributed by atoms with E-state index in [1.54, 1.807) is 12.1 Å². The number of halogens is 1. The van der Waals surface area contributed by atoms with Gasteiger partial charge in [-0.25, -0.2) is 4.79 Å². The zero-order valence-electron chi connectivity index (χ0n) is 9.77. The molecule has 0 bridgehead atoms. The summed E-state index contributed by atoms with van der Waals surface area (Å²) in [5.41, 5.74) is 0.153. The van der Waals surface area contributed by atoms with Gasteiger partial charge in [0, 0.05) is 15.1 Å². The van der Waals surface area contributed by atoms with Gasteiger partial charge in [0.1, 0.15) is 0 Å². The number of carboxylic acid groups (broad SMARTS) is 1. The summed E-state index contributed by atoms with van der Waals surface area (Å²) in [7, 11) is -1.12. The van der Waals surface area contributed by atoms with Crippen LogP contribution >= 0.6 is 15.9 Å². The van der Waals surface area contributed by atoms with Crippen LogP contribution in [0.25, 0.3) is 0 Å². The average molecular weight is 319 g/mol. The predicted octanol–water partition coefficient (Wildman–Crippen LogP) is 3.30. The van der Waals surface area contributed by atoms with E-state index in [4.69, 9.17) is 5.11 Å². The van der Waals surface area contributed by atoms with Crippen LogP contribution in [0.2, 0.25) is 0 Å². The van der Waals surface area contributed by atoms with E-state index in [0.29, 0.717) is 21.0 Å². The minimum atomic E-state index is -1.12. The molecule has 0 aliphatic rings. The lowest BCUT2D eigenvalue weighted by Crippen LogP contribution is -2.04. The fourth-order valence-electron chi connectivity index (χ4n) is 1.27. The van der Waals surface area contributed by atoms with Gasteiger partial charge in [0.25, 0.3) is 0 Å². The van der Waals surface area contributed by atoms with Crippen LogP contribution in [0.15, 0.2) is 27.6 Å². The lowest BCUT2D eigenvalue weighted by molar-refractivity contribution is 0.0695. The number of rotatable bonds is 5. The minimum absolute atomic E-state index is 0.153. The maximum atomic E-state index is 11.9. The monoisotopic (exact) mass is 318 g/mol. The van der Waals surface area contributed by atoms with Crippen molar-refractivity contribution in [2.75, 3.05) is 5.75 Å². The molecule has 94 valence electrons. The molecule has 5 heteroatoms. The van der Waals surface area contributed by atoms with E-state index in [1.807, 2.05) is 0 Å². The highest BCUT2D eigenvalue weighted by atomic mass is 79.9. The van der Waals surface area contributed by atoms with Crippen molar-refractivity contribution in [3.8, 4) is 0 Å². The molecule has 0 fully saturated rings. The second-order valence-electron chi connectivity index (χ2n) is 4.18. The number of benzene rings is 1. The number of hydrogen-bond donors (Lipinski definition) is 1. The molecule has 3 nitrogen and oxygen atoms in total. The molecule has 1 N–H and O–H groups in total. The molecule has 0 amide bonds. The van der Waals surface area contributed by atoms with Gasteiger partial charge in [-0.1, -0.05) is 13.8 Å². The zero-order chi connectivity index (χ0) is 13.0. The predicted molar refractivity (Wildman–Crippen MR) is 71.8 cm³/mol. The summed E-state index contributed by atoms with van der Waals surface area (Å²) in [6.45, 7) is 4.14. The van der Waals surface area contributed by atoms with Crippen molar-refractivity contribution in [1.82, 2.24) is 0 Å². The van der Waals surface area contributed by atoms with Gasteiger partial charge in [-0.15, -0.1) is 0 Å². The van der Waals surface area contributed by atoms with Crippen LogP contribution in [0.5, 0.6) is 0 Å². The van der Waals surface area contributed by atoms with E-state index in [1.165, 1.54) is 6.07 Å². The molecule has 17 heavy (non-hydrogen) atoms. The van der Waals surface area contributed by atoms with Gasteiger partial charge in [-0.3, -0.25) is 4.21 Å². The Morgan fingerprint density at radius 2 is 2.12 bits per heavy atom. The van der Waals surface area contributed by atoms with Crippen LogP contribution in [0.4, 0.5) is 0 Å². The summed E-state index contributed by atoms with van der Waals surface area (Å²) in [4.78, 5) is 11.5. The highest BCUT2D eigenvalue weighted by Gasteiger charge is 2.12. The Morgan fingerprint density at radius 1 is 1.47 bits per heavy atom. The van der Waals surface area contributed by atoms with E-state index < -0.39 is 16.8 Å². The smallest absolute Gasteiger partial charge is 0.336 e. The van der Waals surface area contributed by atoms with Crippen molar-refractivity contribution in [2.45, 2.75) is 25.2 Å². The third-order valence-corrected chi connectivity index (χ3v) is 4.39. The second-order valence-corrected chi connectivity index (χ2v) is 6.60. The second kappa shape index (κ2) is 6.31. The summed E-state index contributed by atoms with van der Waals surface area (Å²) >= 11 is 3.16. The van der Waals surface area contributed by atoms with Crippen LogP contribution in [0.1, 0.15) is 30.6 Å². The lowest BCUT2D eigenvalue weighted by Gasteiger charge is -2.06. The summed E-state index contributed by atoms with van der Waals surface area (Å²) < 4.78 is 12.4. The number of hydrogen-bond acceptors (Lipinski definition) is 2. The molecular weight excluding hydrogens is 304 g/mol. The van der Waals surface area contributed by atoms with E-state index in [0.717, 1.165) is 6.42 Å². The van der Waals surface area contributed by atoms with Gasteiger partial charge in [-0.2, -0.15) is 0 Å². The zero-order valence-corrected chi connectivity index (χ0v) is 12.2. The molecule has 1 atom stereocenters. The standard InChI is InChI=1S/C12H15BrO3S/c1-8(2)5-6-17(16)9-3-4-11(13)10(7-9)12(14)15/h3-4,7-8H,5-6H2,1-2H3,(H,14,15). The van der Waals surface area contributed by atoms with Crippen LogP contribution in [0, 0.1) is 5.92 Å². The number of carboxylic acids is 1. The maximum absolute atomic E-state index is 11.9. The van der Waals surface area contributed by atoms with Crippen LogP contribution in [-0.2, 0) is 10.8 Å². The van der Waals surface area contributed by atoms with Crippen molar-refractivity contribution >= 4 is 32.7 Å². The van der Waals surface area contributed by atoms with Gasteiger partial charge >= 0.3 is 5.97 Å². The highest BCUT2D eigenvalue weighted by Crippen LogP contribution is 2.21. The Hall–Kier alpha value is -0.680. The summed E-state index contributed by atoms with van der Waals surface area (Å²) in [6.07, 6.45) is 0.866. The molecule has 0 radical (unpaired) electrons. The maximum Gasteiger partial charge on any atom is 0.336 e. The van der Waals surface area contributed by atoms with Crippen LogP contribution < -0.4 is 0 Å². The van der Waals surface area contributed by atoms with Gasteiger partial charge in [0.15, 0.2) is 0 Å². The Kier molecular flexibility index (Phi) is 5.33. The quantitative estimate of drug-likeness (QED) is 0.906. The molecule has 0 aromatic heterocycles. The van der Waals surface area contributed by atoms with Crippen LogP contribution in [-0.4, -0.2) is 21.0 Å². The minimum Gasteiger partial charge on any atom is -0.478 e. The first-order chi connectivity index (χ1) is 7.91. The normalized spacial score (nSPS) is 12.7. The summed E-state index contributed by atoms with van der Waals surface area (Å²) in [6, 6.07) is 4.81. The van der Waals surface area contributed by atoms with Gasteiger partial charge in [0.2, 0.25) is 0 Å². The number of carbonyl (C=O) groups is 1. The highest BCUT2D eigenvalue weighted by molar-refractivity contribution is 9.10. The molecule has 0 saturated carbocycles. The Balaban J connectivity index is 2.88. The van der Waals surface area contributed by atoms with Gasteiger partial charge < -0.3 is 5.11 Å². The number of aromatic carboxylic acids is 1. The van der Waals surface area contributed by atoms with Gasteiger partial charge in [0.05, 0.1) is 16.4 Å². The molecule has 1 aromatic carbocycles. The van der Waals surface area contributed by atoms with Crippen molar-refractivity contribution in [3.05, 3.63) is 28.2 Å². The summed E-state index contributed by atoms with van der Waals surface area (Å²) in [5, 5.41) is 8.96. The molecular formula is C12H15BrO3S. The van der Waals surface area contributed by atoms with E-state index in [-0.39, 0.29) is 5.56 Å². The first kappa shape index (κ1) is 14.4. The third-order valence-electron chi connectivity index (χ3n) is 2.31. The van der Waals surface area contributed by atoms with E-state index in [2.05, 4.69) is 29.8 Å². The Bertz CT molecular complexity index is 443. The molecule has 0 aliphatic heterocycles. The topological polar surface area (TPSA) is 54.4 Å². The summed E-state index contributed by atoms with van der Waals surface area (Å²) in [5.74, 6) is 0.0474. The van der Waals surface area contributed by atoms with Crippen molar-refractivity contribution in [3.63, 3.8) is 0 Å². The lowest BCUT2D eigenvalue weighted by atomic mass is 10.2. The van der Waals surface area contributed by atoms with Gasteiger partial charge in [-0.05, 0) is 46.5 Å². The fourth-order valence-corrected chi connectivity index (χ4v) is 3.08.